The average molecular weight is 340 g/mol. The van der Waals surface area contributed by atoms with Gasteiger partial charge in [0.25, 0.3) is 0 Å². The van der Waals surface area contributed by atoms with Crippen LogP contribution in [0.5, 0.6) is 0 Å². The van der Waals surface area contributed by atoms with Crippen LogP contribution in [0.15, 0.2) is 47.5 Å². The molecular weight excluding hydrogens is 312 g/mol. The second kappa shape index (κ2) is 7.85. The number of fused-ring (bicyclic) bond motifs is 1. The Bertz CT molecular complexity index is 730. The minimum absolute atomic E-state index is 0.122. The molecule has 1 aliphatic rings. The molecule has 0 saturated carbocycles. The van der Waals surface area contributed by atoms with Crippen LogP contribution < -0.4 is 11.5 Å². The maximum absolute atomic E-state index is 5.63. The number of nitrogens with two attached hydrogens (primary N) is 2. The van der Waals surface area contributed by atoms with Gasteiger partial charge in [-0.2, -0.15) is 0 Å². The van der Waals surface area contributed by atoms with Gasteiger partial charge >= 0.3 is 0 Å². The van der Waals surface area contributed by atoms with Crippen LogP contribution in [0, 0.1) is 0 Å². The van der Waals surface area contributed by atoms with Gasteiger partial charge in [-0.3, -0.25) is 9.89 Å². The van der Waals surface area contributed by atoms with Gasteiger partial charge in [-0.05, 0) is 29.3 Å². The molecule has 0 radical (unpaired) electrons. The minimum Gasteiger partial charge on any atom is -0.379 e. The summed E-state index contributed by atoms with van der Waals surface area (Å²) in [6, 6.07) is 15.0. The maximum atomic E-state index is 5.63. The summed E-state index contributed by atoms with van der Waals surface area (Å²) in [6.45, 7) is 7.50. The first-order chi connectivity index (χ1) is 12.1. The first-order valence-corrected chi connectivity index (χ1v) is 8.92. The Morgan fingerprint density at radius 1 is 1.12 bits per heavy atom. The number of ether oxygens (including phenoxy) is 1. The van der Waals surface area contributed by atoms with E-state index in [4.69, 9.17) is 16.2 Å². The van der Waals surface area contributed by atoms with Gasteiger partial charge in [-0.1, -0.05) is 49.4 Å². The highest BCUT2D eigenvalue weighted by atomic mass is 16.5. The first kappa shape index (κ1) is 17.7. The molecule has 0 bridgehead atoms. The molecule has 0 aromatic heterocycles. The Kier molecular flexibility index (Phi) is 5.56. The second-order valence-corrected chi connectivity index (χ2v) is 7.03. The van der Waals surface area contributed by atoms with Crippen LogP contribution >= 0.6 is 0 Å². The maximum Gasteiger partial charge on any atom is 0.185 e. The predicted octanol–water partition coefficient (Wildman–Crippen LogP) is 2.09. The number of aliphatic imine (C=N–C) groups is 1. The quantitative estimate of drug-likeness (QED) is 0.624. The van der Waals surface area contributed by atoms with Crippen LogP contribution in [0.3, 0.4) is 0 Å². The average Bonchev–Trinajstić information content (AvgIpc) is 2.65. The Morgan fingerprint density at radius 3 is 2.60 bits per heavy atom. The molecule has 134 valence electrons. The van der Waals surface area contributed by atoms with Crippen molar-refractivity contribution in [3.63, 3.8) is 0 Å². The van der Waals surface area contributed by atoms with Gasteiger partial charge in [-0.25, -0.2) is 0 Å². The van der Waals surface area contributed by atoms with E-state index in [1.807, 2.05) is 0 Å². The molecule has 5 nitrogen and oxygen atoms in total. The molecule has 1 saturated heterocycles. The molecule has 1 atom stereocenters. The zero-order chi connectivity index (χ0) is 17.7. The normalized spacial score (nSPS) is 18.0. The van der Waals surface area contributed by atoms with E-state index in [1.165, 1.54) is 16.3 Å². The van der Waals surface area contributed by atoms with Gasteiger partial charge < -0.3 is 16.2 Å². The summed E-state index contributed by atoms with van der Waals surface area (Å²) in [5, 5.41) is 2.53. The van der Waals surface area contributed by atoms with Gasteiger partial charge in [-0.15, -0.1) is 0 Å². The van der Waals surface area contributed by atoms with Crippen molar-refractivity contribution < 1.29 is 4.74 Å². The molecule has 0 spiro atoms. The van der Waals surface area contributed by atoms with Crippen LogP contribution in [0.1, 0.15) is 18.9 Å². The van der Waals surface area contributed by atoms with E-state index in [2.05, 4.69) is 59.3 Å². The van der Waals surface area contributed by atoms with Crippen molar-refractivity contribution in [2.45, 2.75) is 18.8 Å². The zero-order valence-corrected chi connectivity index (χ0v) is 14.9. The van der Waals surface area contributed by atoms with Crippen LogP contribution in [-0.2, 0) is 10.2 Å². The number of morpholine rings is 1. The Labute approximate surface area is 149 Å². The summed E-state index contributed by atoms with van der Waals surface area (Å²) in [6.07, 6.45) is 0.998. The molecule has 3 rings (SSSR count). The second-order valence-electron chi connectivity index (χ2n) is 7.03. The van der Waals surface area contributed by atoms with Crippen molar-refractivity contribution in [3.8, 4) is 0 Å². The highest BCUT2D eigenvalue weighted by molar-refractivity contribution is 5.86. The number of rotatable bonds is 6. The van der Waals surface area contributed by atoms with Crippen molar-refractivity contribution >= 4 is 16.7 Å². The summed E-state index contributed by atoms with van der Waals surface area (Å²) in [7, 11) is 0. The fourth-order valence-electron chi connectivity index (χ4n) is 3.55. The first-order valence-electron chi connectivity index (χ1n) is 8.92. The smallest absolute Gasteiger partial charge is 0.185 e. The summed E-state index contributed by atoms with van der Waals surface area (Å²) in [5.41, 5.74) is 12.4. The third-order valence-electron chi connectivity index (χ3n) is 5.13. The molecule has 1 aliphatic heterocycles. The molecule has 0 aliphatic carbocycles. The molecule has 2 aromatic rings. The van der Waals surface area contributed by atoms with Crippen molar-refractivity contribution in [2.75, 3.05) is 39.4 Å². The van der Waals surface area contributed by atoms with E-state index in [0.717, 1.165) is 39.3 Å². The van der Waals surface area contributed by atoms with Gasteiger partial charge in [0, 0.05) is 18.5 Å². The van der Waals surface area contributed by atoms with Crippen LogP contribution in [0.4, 0.5) is 0 Å². The lowest BCUT2D eigenvalue weighted by Gasteiger charge is -2.34. The number of benzene rings is 2. The Balaban J connectivity index is 1.90. The van der Waals surface area contributed by atoms with Crippen LogP contribution in [-0.4, -0.2) is 50.3 Å². The largest absolute Gasteiger partial charge is 0.379 e. The van der Waals surface area contributed by atoms with E-state index in [1.54, 1.807) is 0 Å². The highest BCUT2D eigenvalue weighted by Gasteiger charge is 2.29. The monoisotopic (exact) mass is 340 g/mol. The SMILES string of the molecule is CC(CCN1CCOCC1)(CN=C(N)N)c1cccc2ccccc12. The topological polar surface area (TPSA) is 76.9 Å². The number of guanidine groups is 1. The number of hydrogen-bond donors (Lipinski definition) is 2. The fraction of sp³-hybridized carbons (Fsp3) is 0.450. The van der Waals surface area contributed by atoms with E-state index in [0.29, 0.717) is 6.54 Å². The van der Waals surface area contributed by atoms with E-state index in [-0.39, 0.29) is 11.4 Å². The summed E-state index contributed by atoms with van der Waals surface area (Å²) >= 11 is 0. The van der Waals surface area contributed by atoms with Crippen molar-refractivity contribution in [1.82, 2.24) is 4.90 Å². The molecule has 1 unspecified atom stereocenters. The molecule has 0 amide bonds. The number of hydrogen-bond acceptors (Lipinski definition) is 3. The third kappa shape index (κ3) is 4.30. The lowest BCUT2D eigenvalue weighted by Crippen LogP contribution is -2.40. The summed E-state index contributed by atoms with van der Waals surface area (Å²) in [5.74, 6) is 0.151. The van der Waals surface area contributed by atoms with Crippen molar-refractivity contribution in [1.29, 1.82) is 0 Å². The third-order valence-corrected chi connectivity index (χ3v) is 5.13. The molecule has 1 heterocycles. The molecule has 4 N–H and O–H groups in total. The Morgan fingerprint density at radius 2 is 1.84 bits per heavy atom. The van der Waals surface area contributed by atoms with Crippen molar-refractivity contribution in [2.24, 2.45) is 16.5 Å². The fourth-order valence-corrected chi connectivity index (χ4v) is 3.55. The van der Waals surface area contributed by atoms with Crippen LogP contribution in [0.2, 0.25) is 0 Å². The lowest BCUT2D eigenvalue weighted by molar-refractivity contribution is 0.0349. The van der Waals surface area contributed by atoms with E-state index < -0.39 is 0 Å². The molecule has 1 fully saturated rings. The Hall–Kier alpha value is -2.11. The van der Waals surface area contributed by atoms with Crippen LogP contribution in [0.25, 0.3) is 10.8 Å². The number of nitrogens with zero attached hydrogens (tertiary/aromatic N) is 2. The molecule has 2 aromatic carbocycles. The summed E-state index contributed by atoms with van der Waals surface area (Å²) in [4.78, 5) is 6.83. The van der Waals surface area contributed by atoms with Gasteiger partial charge in [0.2, 0.25) is 0 Å². The van der Waals surface area contributed by atoms with Crippen molar-refractivity contribution in [3.05, 3.63) is 48.0 Å². The van der Waals surface area contributed by atoms with Gasteiger partial charge in [0.05, 0.1) is 19.8 Å². The lowest BCUT2D eigenvalue weighted by atomic mass is 9.77. The molecular formula is C20H28N4O. The zero-order valence-electron chi connectivity index (χ0n) is 14.9. The van der Waals surface area contributed by atoms with Gasteiger partial charge in [0.15, 0.2) is 5.96 Å². The van der Waals surface area contributed by atoms with Gasteiger partial charge in [0.1, 0.15) is 0 Å². The molecule has 5 heteroatoms. The molecule has 25 heavy (non-hydrogen) atoms. The van der Waals surface area contributed by atoms with E-state index >= 15 is 0 Å². The highest BCUT2D eigenvalue weighted by Crippen LogP contribution is 2.34. The predicted molar refractivity (Wildman–Crippen MR) is 104 cm³/mol. The van der Waals surface area contributed by atoms with E-state index in [9.17, 15) is 0 Å². The standard InChI is InChI=1S/C20H28N4O/c1-20(15-23-19(21)22,9-10-24-11-13-25-14-12-24)18-8-4-6-16-5-2-3-7-17(16)18/h2-8H,9-15H2,1H3,(H4,21,22,23). The minimum atomic E-state index is -0.122. The summed E-state index contributed by atoms with van der Waals surface area (Å²) < 4.78 is 5.46.